The van der Waals surface area contributed by atoms with Crippen molar-refractivity contribution in [1.82, 2.24) is 5.32 Å². The first-order valence-electron chi connectivity index (χ1n) is 10.9. The van der Waals surface area contributed by atoms with Crippen molar-refractivity contribution in [3.63, 3.8) is 0 Å². The van der Waals surface area contributed by atoms with E-state index in [9.17, 15) is 14.4 Å². The zero-order valence-corrected chi connectivity index (χ0v) is 19.9. The van der Waals surface area contributed by atoms with Crippen LogP contribution in [0.1, 0.15) is 63.2 Å². The minimum atomic E-state index is -0.617. The lowest BCUT2D eigenvalue weighted by atomic mass is 9.83. The van der Waals surface area contributed by atoms with Crippen LogP contribution in [0.2, 0.25) is 0 Å². The Morgan fingerprint density at radius 3 is 2.22 bits per heavy atom. The SMILES string of the molecule is COC(=O)C[C@@H](NC(=O)OC(C)(C)C)C1CC2CCC(C1)N2c1ccc(C(=O)OS)cc1. The summed E-state index contributed by atoms with van der Waals surface area (Å²) in [6.07, 6.45) is 3.36. The molecule has 2 heterocycles. The van der Waals surface area contributed by atoms with Crippen molar-refractivity contribution in [1.29, 1.82) is 0 Å². The fraction of sp³-hybridized carbons (Fsp3) is 0.609. The van der Waals surface area contributed by atoms with Crippen LogP contribution < -0.4 is 10.2 Å². The summed E-state index contributed by atoms with van der Waals surface area (Å²) in [5.74, 6) is -0.707. The van der Waals surface area contributed by atoms with Gasteiger partial charge >= 0.3 is 18.0 Å². The van der Waals surface area contributed by atoms with Crippen LogP contribution in [0.4, 0.5) is 10.5 Å². The van der Waals surface area contributed by atoms with Gasteiger partial charge in [0.25, 0.3) is 0 Å². The van der Waals surface area contributed by atoms with Gasteiger partial charge < -0.3 is 23.9 Å². The summed E-state index contributed by atoms with van der Waals surface area (Å²) in [7, 11) is 1.35. The largest absolute Gasteiger partial charge is 0.469 e. The van der Waals surface area contributed by atoms with Gasteiger partial charge in [-0.3, -0.25) is 4.79 Å². The van der Waals surface area contributed by atoms with Crippen LogP contribution in [-0.2, 0) is 18.5 Å². The molecule has 2 fully saturated rings. The standard InChI is InChI=1S/C23H32N2O6S/c1-23(2,3)30-22(28)24-19(13-20(26)29-4)15-11-17-9-10-18(12-15)25(17)16-7-5-14(6-8-16)21(27)31-32/h5-8,15,17-19,32H,9-13H2,1-4H3,(H,24,28)/t15?,17?,18?,19-/m1/s1. The number of nitrogens with zero attached hydrogens (tertiary/aromatic N) is 1. The van der Waals surface area contributed by atoms with Crippen molar-refractivity contribution in [3.8, 4) is 0 Å². The number of amides is 1. The van der Waals surface area contributed by atoms with Gasteiger partial charge in [-0.15, -0.1) is 0 Å². The molecule has 2 bridgehead atoms. The molecule has 0 radical (unpaired) electrons. The highest BCUT2D eigenvalue weighted by molar-refractivity contribution is 7.75. The summed E-state index contributed by atoms with van der Waals surface area (Å²) in [5.41, 5.74) is 0.885. The number of methoxy groups -OCH3 is 1. The fourth-order valence-electron chi connectivity index (χ4n) is 4.85. The number of carbonyl (C=O) groups is 3. The van der Waals surface area contributed by atoms with Crippen molar-refractivity contribution in [2.75, 3.05) is 12.0 Å². The highest BCUT2D eigenvalue weighted by Crippen LogP contribution is 2.43. The zero-order valence-electron chi connectivity index (χ0n) is 19.0. The molecule has 0 aliphatic carbocycles. The van der Waals surface area contributed by atoms with Gasteiger partial charge in [0.2, 0.25) is 0 Å². The third kappa shape index (κ3) is 5.88. The number of esters is 1. The van der Waals surface area contributed by atoms with Crippen molar-refractivity contribution in [2.24, 2.45) is 5.92 Å². The van der Waals surface area contributed by atoms with Gasteiger partial charge in [-0.05, 0) is 76.6 Å². The molecule has 3 atom stereocenters. The van der Waals surface area contributed by atoms with Crippen LogP contribution in [0.15, 0.2) is 24.3 Å². The molecule has 0 saturated carbocycles. The minimum Gasteiger partial charge on any atom is -0.469 e. The average molecular weight is 465 g/mol. The van der Waals surface area contributed by atoms with E-state index in [0.29, 0.717) is 17.6 Å². The molecule has 2 unspecified atom stereocenters. The van der Waals surface area contributed by atoms with Crippen molar-refractivity contribution in [2.45, 2.75) is 76.6 Å². The maximum atomic E-state index is 12.4. The number of ether oxygens (including phenoxy) is 2. The summed E-state index contributed by atoms with van der Waals surface area (Å²) in [5, 5.41) is 2.92. The van der Waals surface area contributed by atoms with Gasteiger partial charge in [-0.1, -0.05) is 0 Å². The van der Waals surface area contributed by atoms with Gasteiger partial charge in [0.15, 0.2) is 0 Å². The predicted octanol–water partition coefficient (Wildman–Crippen LogP) is 3.89. The number of nitrogens with one attached hydrogen (secondary N) is 1. The lowest BCUT2D eigenvalue weighted by Gasteiger charge is -2.43. The first-order chi connectivity index (χ1) is 15.1. The Balaban J connectivity index is 1.72. The van der Waals surface area contributed by atoms with E-state index in [-0.39, 0.29) is 24.3 Å². The molecule has 0 aromatic heterocycles. The molecular formula is C23H32N2O6S. The molecule has 9 heteroatoms. The molecule has 1 aromatic carbocycles. The molecule has 176 valence electrons. The molecule has 2 saturated heterocycles. The van der Waals surface area contributed by atoms with E-state index in [4.69, 9.17) is 9.47 Å². The molecule has 1 N–H and O–H groups in total. The summed E-state index contributed by atoms with van der Waals surface area (Å²) < 4.78 is 14.8. The number of alkyl carbamates (subject to hydrolysis) is 1. The van der Waals surface area contributed by atoms with Crippen LogP contribution in [0, 0.1) is 5.92 Å². The number of fused-ring (bicyclic) bond motifs is 2. The third-order valence-electron chi connectivity index (χ3n) is 6.14. The first kappa shape index (κ1) is 24.2. The number of thiol groups is 1. The molecule has 1 aromatic rings. The highest BCUT2D eigenvalue weighted by atomic mass is 32.1. The molecule has 8 nitrogen and oxygen atoms in total. The monoisotopic (exact) mass is 464 g/mol. The van der Waals surface area contributed by atoms with Crippen LogP contribution in [-0.4, -0.2) is 48.9 Å². The number of anilines is 1. The Bertz CT molecular complexity index is 824. The van der Waals surface area contributed by atoms with Crippen molar-refractivity contribution < 1.29 is 28.0 Å². The van der Waals surface area contributed by atoms with Gasteiger partial charge in [0.05, 0.1) is 19.1 Å². The van der Waals surface area contributed by atoms with E-state index in [2.05, 4.69) is 27.3 Å². The molecule has 2 aliphatic rings. The van der Waals surface area contributed by atoms with Crippen LogP contribution in [0.25, 0.3) is 0 Å². The van der Waals surface area contributed by atoms with Crippen molar-refractivity contribution >= 4 is 36.6 Å². The maximum absolute atomic E-state index is 12.4. The Kier molecular flexibility index (Phi) is 7.59. The first-order valence-corrected chi connectivity index (χ1v) is 11.3. The van der Waals surface area contributed by atoms with E-state index < -0.39 is 17.7 Å². The van der Waals surface area contributed by atoms with Crippen molar-refractivity contribution in [3.05, 3.63) is 29.8 Å². The third-order valence-corrected chi connectivity index (χ3v) is 6.30. The van der Waals surface area contributed by atoms with Crippen LogP contribution in [0.3, 0.4) is 0 Å². The Hall–Kier alpha value is -2.42. The number of carbonyl (C=O) groups excluding carboxylic acids is 3. The minimum absolute atomic E-state index is 0.111. The van der Waals surface area contributed by atoms with Gasteiger partial charge in [0.1, 0.15) is 5.60 Å². The highest BCUT2D eigenvalue weighted by Gasteiger charge is 2.44. The van der Waals surface area contributed by atoms with E-state index in [0.717, 1.165) is 31.4 Å². The number of hydrogen-bond donors (Lipinski definition) is 2. The Morgan fingerprint density at radius 2 is 1.72 bits per heavy atom. The van der Waals surface area contributed by atoms with E-state index in [1.807, 2.05) is 32.9 Å². The zero-order chi connectivity index (χ0) is 23.5. The quantitative estimate of drug-likeness (QED) is 0.285. The molecular weight excluding hydrogens is 432 g/mol. The molecule has 3 rings (SSSR count). The van der Waals surface area contributed by atoms with Gasteiger partial charge in [0, 0.05) is 36.7 Å². The second kappa shape index (κ2) is 10.0. The molecule has 0 spiro atoms. The summed E-state index contributed by atoms with van der Waals surface area (Å²) in [4.78, 5) is 38.5. The van der Waals surface area contributed by atoms with E-state index >= 15 is 0 Å². The van der Waals surface area contributed by atoms with E-state index in [1.54, 1.807) is 12.1 Å². The van der Waals surface area contributed by atoms with Gasteiger partial charge in [-0.25, -0.2) is 9.59 Å². The number of piperidine rings is 1. The Morgan fingerprint density at radius 1 is 1.12 bits per heavy atom. The second-order valence-electron chi connectivity index (χ2n) is 9.48. The van der Waals surface area contributed by atoms with Gasteiger partial charge in [-0.2, -0.15) is 0 Å². The summed E-state index contributed by atoms with van der Waals surface area (Å²) >= 11 is 3.57. The van der Waals surface area contributed by atoms with E-state index in [1.165, 1.54) is 7.11 Å². The fourth-order valence-corrected chi connectivity index (χ4v) is 4.95. The summed E-state index contributed by atoms with van der Waals surface area (Å²) in [6, 6.07) is 7.57. The smallest absolute Gasteiger partial charge is 0.407 e. The molecule has 2 aliphatic heterocycles. The lowest BCUT2D eigenvalue weighted by Crippen LogP contribution is -2.51. The van der Waals surface area contributed by atoms with Crippen LogP contribution >= 0.6 is 12.9 Å². The lowest BCUT2D eigenvalue weighted by molar-refractivity contribution is -0.141. The second-order valence-corrected chi connectivity index (χ2v) is 9.66. The molecule has 1 amide bonds. The normalized spacial score (nSPS) is 23.3. The number of benzene rings is 1. The molecule has 32 heavy (non-hydrogen) atoms. The number of rotatable bonds is 6. The Labute approximate surface area is 194 Å². The maximum Gasteiger partial charge on any atom is 0.407 e. The topological polar surface area (TPSA) is 94.2 Å². The van der Waals surface area contributed by atoms with Crippen LogP contribution in [0.5, 0.6) is 0 Å². The summed E-state index contributed by atoms with van der Waals surface area (Å²) in [6.45, 7) is 5.42. The average Bonchev–Trinajstić information content (AvgIpc) is 3.00. The number of hydrogen-bond acceptors (Lipinski definition) is 8. The predicted molar refractivity (Wildman–Crippen MR) is 123 cm³/mol.